The van der Waals surface area contributed by atoms with Gasteiger partial charge in [0.25, 0.3) is 0 Å². The Kier molecular flexibility index (Phi) is 6.14. The number of aromatic nitrogens is 2. The molecule has 1 aromatic heterocycles. The molecule has 148 valence electrons. The largest absolute Gasteiger partial charge is 0.382 e. The molecule has 1 aliphatic heterocycles. The van der Waals surface area contributed by atoms with Crippen LogP contribution in [0.4, 0.5) is 5.82 Å². The van der Waals surface area contributed by atoms with E-state index in [2.05, 4.69) is 38.5 Å². The van der Waals surface area contributed by atoms with Gasteiger partial charge in [0, 0.05) is 13.3 Å². The second kappa shape index (κ2) is 9.13. The van der Waals surface area contributed by atoms with Gasteiger partial charge >= 0.3 is 0 Å². The van der Waals surface area contributed by atoms with Gasteiger partial charge in [-0.25, -0.2) is 9.97 Å². The lowest BCUT2D eigenvalue weighted by Gasteiger charge is -2.25. The number of nitrogens with one attached hydrogen (secondary N) is 1. The molecular weight excluding hydrogens is 388 g/mol. The van der Waals surface area contributed by atoms with Crippen molar-refractivity contribution in [3.05, 3.63) is 66.0 Å². The van der Waals surface area contributed by atoms with E-state index in [-0.39, 0.29) is 17.6 Å². The van der Waals surface area contributed by atoms with Gasteiger partial charge < -0.3 is 14.8 Å². The van der Waals surface area contributed by atoms with Crippen LogP contribution in [0.25, 0.3) is 22.0 Å². The van der Waals surface area contributed by atoms with Crippen molar-refractivity contribution in [1.29, 1.82) is 0 Å². The first-order valence-corrected chi connectivity index (χ1v) is 9.73. The van der Waals surface area contributed by atoms with E-state index in [1.165, 1.54) is 0 Å². The fraction of sp³-hybridized carbons (Fsp3) is 0.227. The van der Waals surface area contributed by atoms with Crippen molar-refractivity contribution in [2.24, 2.45) is 4.99 Å². The Balaban J connectivity index is 1.73. The third kappa shape index (κ3) is 4.45. The van der Waals surface area contributed by atoms with Crippen molar-refractivity contribution in [3.8, 4) is 11.1 Å². The van der Waals surface area contributed by atoms with E-state index in [0.29, 0.717) is 19.0 Å². The standard InChI is InChI=1S/C22H21ClN4O2/c1-28-13-14-29-18-11-6-12-24-20(18)26-21-19-16(15-7-3-2-4-8-15)9-5-10-17(19)25-22(23)27-21/h2-12,18,20H,13-14H2,1H3,(H,25,26,27). The highest BCUT2D eigenvalue weighted by Gasteiger charge is 2.23. The minimum atomic E-state index is -0.338. The van der Waals surface area contributed by atoms with E-state index in [0.717, 1.165) is 22.0 Å². The van der Waals surface area contributed by atoms with Gasteiger partial charge in [0.15, 0.2) is 0 Å². The van der Waals surface area contributed by atoms with Crippen molar-refractivity contribution < 1.29 is 9.47 Å². The highest BCUT2D eigenvalue weighted by molar-refractivity contribution is 6.29. The first-order chi connectivity index (χ1) is 14.3. The number of methoxy groups -OCH3 is 1. The number of hydrogen-bond acceptors (Lipinski definition) is 6. The predicted molar refractivity (Wildman–Crippen MR) is 117 cm³/mol. The molecule has 2 aromatic carbocycles. The number of hydrogen-bond donors (Lipinski definition) is 1. The molecule has 0 bridgehead atoms. The first-order valence-electron chi connectivity index (χ1n) is 9.35. The van der Waals surface area contributed by atoms with Crippen molar-refractivity contribution in [1.82, 2.24) is 9.97 Å². The van der Waals surface area contributed by atoms with Gasteiger partial charge in [-0.3, -0.25) is 4.99 Å². The topological polar surface area (TPSA) is 68.6 Å². The quantitative estimate of drug-likeness (QED) is 0.464. The van der Waals surface area contributed by atoms with Crippen molar-refractivity contribution >= 4 is 34.5 Å². The number of fused-ring (bicyclic) bond motifs is 1. The second-order valence-corrected chi connectivity index (χ2v) is 6.85. The number of rotatable bonds is 7. The van der Waals surface area contributed by atoms with Crippen LogP contribution in [-0.4, -0.2) is 48.8 Å². The Hall–Kier alpha value is -2.80. The van der Waals surface area contributed by atoms with Crippen LogP contribution in [-0.2, 0) is 9.47 Å². The molecule has 1 N–H and O–H groups in total. The van der Waals surface area contributed by atoms with Crippen LogP contribution in [0.2, 0.25) is 5.28 Å². The maximum Gasteiger partial charge on any atom is 0.224 e. The molecule has 0 saturated heterocycles. The van der Waals surface area contributed by atoms with Crippen LogP contribution in [0.5, 0.6) is 0 Å². The lowest BCUT2D eigenvalue weighted by molar-refractivity contribution is 0.0320. The molecule has 0 aliphatic carbocycles. The normalized spacial score (nSPS) is 18.3. The van der Waals surface area contributed by atoms with Gasteiger partial charge in [-0.2, -0.15) is 0 Å². The van der Waals surface area contributed by atoms with Crippen LogP contribution in [0, 0.1) is 0 Å². The first kappa shape index (κ1) is 19.5. The fourth-order valence-corrected chi connectivity index (χ4v) is 3.46. The summed E-state index contributed by atoms with van der Waals surface area (Å²) in [5.74, 6) is 0.622. The lowest BCUT2D eigenvalue weighted by Crippen LogP contribution is -2.35. The Morgan fingerprint density at radius 1 is 1.03 bits per heavy atom. The summed E-state index contributed by atoms with van der Waals surface area (Å²) in [6, 6.07) is 16.1. The monoisotopic (exact) mass is 408 g/mol. The lowest BCUT2D eigenvalue weighted by atomic mass is 10.0. The number of allylic oxidation sites excluding steroid dienone is 1. The molecular formula is C22H21ClN4O2. The number of anilines is 1. The zero-order valence-electron chi connectivity index (χ0n) is 16.0. The second-order valence-electron chi connectivity index (χ2n) is 6.51. The molecule has 2 heterocycles. The molecule has 2 unspecified atom stereocenters. The molecule has 7 heteroatoms. The molecule has 29 heavy (non-hydrogen) atoms. The number of aliphatic imine (C=N–C) groups is 1. The highest BCUT2D eigenvalue weighted by Crippen LogP contribution is 2.33. The van der Waals surface area contributed by atoms with Crippen LogP contribution >= 0.6 is 11.6 Å². The number of halogens is 1. The van der Waals surface area contributed by atoms with Gasteiger partial charge in [-0.15, -0.1) is 0 Å². The summed E-state index contributed by atoms with van der Waals surface area (Å²) in [5.41, 5.74) is 2.86. The summed E-state index contributed by atoms with van der Waals surface area (Å²) in [4.78, 5) is 13.4. The summed E-state index contributed by atoms with van der Waals surface area (Å²) >= 11 is 6.22. The zero-order valence-corrected chi connectivity index (χ0v) is 16.7. The van der Waals surface area contributed by atoms with Gasteiger partial charge in [0.2, 0.25) is 5.28 Å². The van der Waals surface area contributed by atoms with Crippen molar-refractivity contribution in [3.63, 3.8) is 0 Å². The van der Waals surface area contributed by atoms with Crippen molar-refractivity contribution in [2.45, 2.75) is 12.3 Å². The Labute approximate surface area is 174 Å². The average molecular weight is 409 g/mol. The predicted octanol–water partition coefficient (Wildman–Crippen LogP) is 4.36. The van der Waals surface area contributed by atoms with Gasteiger partial charge in [-0.05, 0) is 34.9 Å². The molecule has 0 amide bonds. The van der Waals surface area contributed by atoms with E-state index in [9.17, 15) is 0 Å². The molecule has 0 saturated carbocycles. The smallest absolute Gasteiger partial charge is 0.224 e. The summed E-state index contributed by atoms with van der Waals surface area (Å²) in [6.45, 7) is 0.987. The Bertz CT molecular complexity index is 1040. The summed E-state index contributed by atoms with van der Waals surface area (Å²) in [7, 11) is 1.65. The SMILES string of the molecule is COCCOC1C=CC=NC1Nc1nc(Cl)nc2cccc(-c3ccccc3)c12. The van der Waals surface area contributed by atoms with Gasteiger partial charge in [-0.1, -0.05) is 48.5 Å². The van der Waals surface area contributed by atoms with Crippen LogP contribution in [0.1, 0.15) is 0 Å². The van der Waals surface area contributed by atoms with E-state index in [4.69, 9.17) is 21.1 Å². The molecule has 3 aromatic rings. The van der Waals surface area contributed by atoms with Gasteiger partial charge in [0.05, 0.1) is 24.1 Å². The minimum Gasteiger partial charge on any atom is -0.382 e. The molecule has 0 radical (unpaired) electrons. The molecule has 0 spiro atoms. The maximum atomic E-state index is 6.22. The molecule has 2 atom stereocenters. The fourth-order valence-electron chi connectivity index (χ4n) is 3.28. The molecule has 4 rings (SSSR count). The number of benzene rings is 2. The summed E-state index contributed by atoms with van der Waals surface area (Å²) in [5, 5.41) is 4.47. The average Bonchev–Trinajstić information content (AvgIpc) is 2.75. The van der Waals surface area contributed by atoms with E-state index >= 15 is 0 Å². The van der Waals surface area contributed by atoms with Crippen LogP contribution in [0.15, 0.2) is 65.7 Å². The number of dihydropyridines is 1. The number of nitrogens with zero attached hydrogens (tertiary/aromatic N) is 3. The highest BCUT2D eigenvalue weighted by atomic mass is 35.5. The van der Waals surface area contributed by atoms with E-state index in [1.54, 1.807) is 13.3 Å². The van der Waals surface area contributed by atoms with Crippen molar-refractivity contribution in [2.75, 3.05) is 25.6 Å². The zero-order chi connectivity index (χ0) is 20.1. The van der Waals surface area contributed by atoms with E-state index in [1.807, 2.05) is 42.5 Å². The Morgan fingerprint density at radius 2 is 1.90 bits per heavy atom. The minimum absolute atomic E-state index is 0.178. The third-order valence-corrected chi connectivity index (χ3v) is 4.78. The number of ether oxygens (including phenoxy) is 2. The van der Waals surface area contributed by atoms with Gasteiger partial charge in [0.1, 0.15) is 18.1 Å². The van der Waals surface area contributed by atoms with Crippen LogP contribution in [0.3, 0.4) is 0 Å². The van der Waals surface area contributed by atoms with E-state index < -0.39 is 0 Å². The molecule has 6 nitrogen and oxygen atoms in total. The third-order valence-electron chi connectivity index (χ3n) is 4.61. The Morgan fingerprint density at radius 3 is 2.72 bits per heavy atom. The molecule has 1 aliphatic rings. The molecule has 0 fully saturated rings. The van der Waals surface area contributed by atoms with Crippen LogP contribution < -0.4 is 5.32 Å². The summed E-state index contributed by atoms with van der Waals surface area (Å²) < 4.78 is 11.0. The maximum absolute atomic E-state index is 6.22. The summed E-state index contributed by atoms with van der Waals surface area (Å²) in [6.07, 6.45) is 4.99.